The van der Waals surface area contributed by atoms with E-state index in [-0.39, 0.29) is 34.9 Å². The van der Waals surface area contributed by atoms with Gasteiger partial charge >= 0.3 is 0 Å². The third kappa shape index (κ3) is 3.92. The third-order valence-corrected chi connectivity index (χ3v) is 8.53. The second kappa shape index (κ2) is 8.26. The highest BCUT2D eigenvalue weighted by atomic mass is 19.1. The molecule has 1 saturated heterocycles. The van der Waals surface area contributed by atoms with Crippen molar-refractivity contribution >= 4 is 5.91 Å². The fourth-order valence-corrected chi connectivity index (χ4v) is 7.79. The van der Waals surface area contributed by atoms with Crippen LogP contribution in [0.1, 0.15) is 71.6 Å². The van der Waals surface area contributed by atoms with Crippen molar-refractivity contribution in [1.29, 1.82) is 0 Å². The molecule has 4 heteroatoms. The van der Waals surface area contributed by atoms with Gasteiger partial charge in [-0.2, -0.15) is 0 Å². The van der Waals surface area contributed by atoms with Gasteiger partial charge in [0.2, 0.25) is 5.91 Å². The van der Waals surface area contributed by atoms with E-state index in [9.17, 15) is 9.18 Å². The predicted octanol–water partition coefficient (Wildman–Crippen LogP) is 5.25. The molecule has 4 saturated carbocycles. The number of rotatable bonds is 7. The number of hydrogen-bond acceptors (Lipinski definition) is 2. The van der Waals surface area contributed by atoms with Crippen molar-refractivity contribution in [2.45, 2.75) is 83.7 Å². The zero-order valence-electron chi connectivity index (χ0n) is 18.8. The molecule has 5 aliphatic rings. The lowest BCUT2D eigenvalue weighted by Crippen LogP contribution is -2.62. The molecule has 0 aromatic rings. The Morgan fingerprint density at radius 3 is 2.70 bits per heavy atom. The molecule has 1 heterocycles. The summed E-state index contributed by atoms with van der Waals surface area (Å²) in [5.74, 6) is 0.751. The van der Waals surface area contributed by atoms with E-state index in [4.69, 9.17) is 0 Å². The lowest BCUT2D eigenvalue weighted by Gasteiger charge is -2.66. The molecule has 1 aliphatic heterocycles. The van der Waals surface area contributed by atoms with E-state index >= 15 is 0 Å². The van der Waals surface area contributed by atoms with Crippen LogP contribution in [0.4, 0.5) is 4.39 Å². The van der Waals surface area contributed by atoms with E-state index < -0.39 is 0 Å². The number of amides is 1. The average Bonchev–Trinajstić information content (AvgIpc) is 2.67. The van der Waals surface area contributed by atoms with Gasteiger partial charge in [0.1, 0.15) is 0 Å². The minimum atomic E-state index is -0.347. The van der Waals surface area contributed by atoms with Crippen LogP contribution in [0, 0.1) is 22.2 Å². The topological polar surface area (TPSA) is 41.1 Å². The molecule has 4 aliphatic carbocycles. The van der Waals surface area contributed by atoms with Gasteiger partial charge in [0.25, 0.3) is 0 Å². The first-order valence-corrected chi connectivity index (χ1v) is 11.9. The fourth-order valence-electron chi connectivity index (χ4n) is 7.79. The van der Waals surface area contributed by atoms with Crippen molar-refractivity contribution < 1.29 is 9.18 Å². The second-order valence-corrected chi connectivity index (χ2v) is 11.0. The van der Waals surface area contributed by atoms with Gasteiger partial charge in [0.05, 0.1) is 12.1 Å². The van der Waals surface area contributed by atoms with Crippen molar-refractivity contribution in [3.05, 3.63) is 36.5 Å². The van der Waals surface area contributed by atoms with Gasteiger partial charge in [-0.3, -0.25) is 9.18 Å². The summed E-state index contributed by atoms with van der Waals surface area (Å²) in [6, 6.07) is 0.703. The van der Waals surface area contributed by atoms with Crippen LogP contribution < -0.4 is 10.6 Å². The van der Waals surface area contributed by atoms with Crippen molar-refractivity contribution in [3.8, 4) is 0 Å². The quantitative estimate of drug-likeness (QED) is 0.559. The molecule has 0 aromatic carbocycles. The highest BCUT2D eigenvalue weighted by Gasteiger charge is 2.65. The number of nitrogens with one attached hydrogen (secondary N) is 2. The van der Waals surface area contributed by atoms with E-state index in [1.54, 1.807) is 0 Å². The van der Waals surface area contributed by atoms with Crippen LogP contribution in [0.5, 0.6) is 0 Å². The molecule has 0 radical (unpaired) electrons. The Kier molecular flexibility index (Phi) is 6.00. The van der Waals surface area contributed by atoms with Gasteiger partial charge in [-0.15, -0.1) is 0 Å². The summed E-state index contributed by atoms with van der Waals surface area (Å²) in [5.41, 5.74) is 0.705. The molecule has 166 valence electrons. The summed E-state index contributed by atoms with van der Waals surface area (Å²) in [6.07, 6.45) is 16.7. The van der Waals surface area contributed by atoms with E-state index in [0.717, 1.165) is 63.5 Å². The lowest BCUT2D eigenvalue weighted by atomic mass is 9.37. The van der Waals surface area contributed by atoms with Crippen LogP contribution in [0.3, 0.4) is 0 Å². The summed E-state index contributed by atoms with van der Waals surface area (Å²) in [4.78, 5) is 13.8. The van der Waals surface area contributed by atoms with Gasteiger partial charge in [0, 0.05) is 12.1 Å². The average molecular weight is 415 g/mol. The van der Waals surface area contributed by atoms with E-state index in [1.807, 2.05) is 19.1 Å². The minimum absolute atomic E-state index is 0.0374. The van der Waals surface area contributed by atoms with Gasteiger partial charge in [-0.1, -0.05) is 30.9 Å². The standard InChI is InChI=1S/C26H39FN2O/c1-4-5-6-7-19(2)25-14-21-13-24(16-25,9-10-27)17-26(15-21,18-25)23(30)29-22-8-11-28-20(3)12-22/h4-7,20-22,28H,2,8-18H2,1,3H3,(H,29,30)/b5-4-,7-6-/t20-,21?,22-,24+,25+,26?/m0/s1. The summed E-state index contributed by atoms with van der Waals surface area (Å²) in [7, 11) is 0. The van der Waals surface area contributed by atoms with E-state index in [0.29, 0.717) is 18.4 Å². The molecule has 30 heavy (non-hydrogen) atoms. The second-order valence-electron chi connectivity index (χ2n) is 11.0. The van der Waals surface area contributed by atoms with Crippen LogP contribution in [0.25, 0.3) is 0 Å². The lowest BCUT2D eigenvalue weighted by molar-refractivity contribution is -0.172. The number of carbonyl (C=O) groups is 1. The molecule has 0 spiro atoms. The third-order valence-electron chi connectivity index (χ3n) is 8.53. The first-order valence-electron chi connectivity index (χ1n) is 11.9. The maximum absolute atomic E-state index is 13.8. The Morgan fingerprint density at radius 1 is 1.20 bits per heavy atom. The zero-order valence-corrected chi connectivity index (χ0v) is 18.8. The predicted molar refractivity (Wildman–Crippen MR) is 121 cm³/mol. The van der Waals surface area contributed by atoms with Crippen molar-refractivity contribution in [2.24, 2.45) is 22.2 Å². The number of piperidine rings is 1. The number of allylic oxidation sites excluding steroid dienone is 5. The molecule has 6 atom stereocenters. The SMILES string of the molecule is C=C(/C=C\C=C/C)[C@]12CC3CC(C(=O)N[C@H]4CCN[C@@H](C)C4)(C[C@](CCF)(C3)C1)C2. The highest BCUT2D eigenvalue weighted by Crippen LogP contribution is 2.72. The van der Waals surface area contributed by atoms with Crippen LogP contribution in [-0.4, -0.2) is 31.2 Å². The van der Waals surface area contributed by atoms with Crippen LogP contribution in [0.2, 0.25) is 0 Å². The number of halogens is 1. The Bertz CT molecular complexity index is 745. The normalized spacial score (nSPS) is 42.8. The summed E-state index contributed by atoms with van der Waals surface area (Å²) in [5, 5.41) is 6.91. The van der Waals surface area contributed by atoms with Gasteiger partial charge in [0.15, 0.2) is 0 Å². The molecule has 4 bridgehead atoms. The molecule has 5 rings (SSSR count). The van der Waals surface area contributed by atoms with E-state index in [1.165, 1.54) is 0 Å². The maximum atomic E-state index is 13.8. The van der Waals surface area contributed by atoms with Gasteiger partial charge < -0.3 is 10.6 Å². The molecule has 2 unspecified atom stereocenters. The molecule has 3 nitrogen and oxygen atoms in total. The van der Waals surface area contributed by atoms with Crippen molar-refractivity contribution in [2.75, 3.05) is 13.2 Å². The fraction of sp³-hybridized carbons (Fsp3) is 0.731. The maximum Gasteiger partial charge on any atom is 0.226 e. The Morgan fingerprint density at radius 2 is 1.97 bits per heavy atom. The molecular formula is C26H39FN2O. The van der Waals surface area contributed by atoms with Crippen molar-refractivity contribution in [1.82, 2.24) is 10.6 Å². The number of hydrogen-bond donors (Lipinski definition) is 2. The number of alkyl halides is 1. The minimum Gasteiger partial charge on any atom is -0.353 e. The largest absolute Gasteiger partial charge is 0.353 e. The van der Waals surface area contributed by atoms with Crippen molar-refractivity contribution in [3.63, 3.8) is 0 Å². The zero-order chi connectivity index (χ0) is 21.4. The molecular weight excluding hydrogens is 375 g/mol. The Hall–Kier alpha value is -1.42. The Balaban J connectivity index is 1.61. The monoisotopic (exact) mass is 414 g/mol. The smallest absolute Gasteiger partial charge is 0.226 e. The molecule has 2 N–H and O–H groups in total. The molecule has 5 fully saturated rings. The Labute approximate surface area is 181 Å². The summed E-state index contributed by atoms with van der Waals surface area (Å²) in [6.45, 7) is 9.35. The number of carbonyl (C=O) groups excluding carboxylic acids is 1. The summed E-state index contributed by atoms with van der Waals surface area (Å²) < 4.78 is 13.7. The van der Waals surface area contributed by atoms with Crippen LogP contribution >= 0.6 is 0 Å². The van der Waals surface area contributed by atoms with Gasteiger partial charge in [-0.05, 0) is 101 Å². The molecule has 1 amide bonds. The summed E-state index contributed by atoms with van der Waals surface area (Å²) >= 11 is 0. The van der Waals surface area contributed by atoms with Gasteiger partial charge in [-0.25, -0.2) is 0 Å². The highest BCUT2D eigenvalue weighted by molar-refractivity contribution is 5.84. The van der Waals surface area contributed by atoms with Crippen LogP contribution in [0.15, 0.2) is 36.5 Å². The molecule has 0 aromatic heterocycles. The van der Waals surface area contributed by atoms with E-state index in [2.05, 4.69) is 36.3 Å². The first kappa shape index (κ1) is 21.8. The van der Waals surface area contributed by atoms with Crippen LogP contribution in [-0.2, 0) is 4.79 Å². The first-order chi connectivity index (χ1) is 14.3.